The van der Waals surface area contributed by atoms with E-state index in [2.05, 4.69) is 4.79 Å². The summed E-state index contributed by atoms with van der Waals surface area (Å²) in [4.78, 5) is 3.26. The Morgan fingerprint density at radius 3 is 1.92 bits per heavy atom. The molecule has 70 valence electrons. The molecule has 0 radical (unpaired) electrons. The molecule has 0 aromatic heterocycles. The fraction of sp³-hybridized carbons (Fsp3) is 0.909. The summed E-state index contributed by atoms with van der Waals surface area (Å²) in [6, 6.07) is 0. The van der Waals surface area contributed by atoms with E-state index in [1.807, 2.05) is 6.21 Å². The van der Waals surface area contributed by atoms with Crippen LogP contribution in [0.1, 0.15) is 32.1 Å². The Hall–Kier alpha value is -0.620. The van der Waals surface area contributed by atoms with Gasteiger partial charge in [-0.3, -0.25) is 0 Å². The quantitative estimate of drug-likeness (QED) is 0.334. The molecule has 4 fully saturated rings. The van der Waals surface area contributed by atoms with Crippen LogP contribution in [0.2, 0.25) is 0 Å². The predicted octanol–water partition coefficient (Wildman–Crippen LogP) is 2.36. The maximum Gasteiger partial charge on any atom is 0.260 e. The molecule has 0 aliphatic heterocycles. The van der Waals surface area contributed by atoms with Gasteiger partial charge in [-0.15, -0.1) is 0 Å². The summed E-state index contributed by atoms with van der Waals surface area (Å²) >= 11 is 0. The minimum absolute atomic E-state index is 0.609. The van der Waals surface area contributed by atoms with E-state index in [-0.39, 0.29) is 0 Å². The molecule has 4 saturated carbocycles. The first-order chi connectivity index (χ1) is 6.36. The van der Waals surface area contributed by atoms with Gasteiger partial charge in [0.1, 0.15) is 0 Å². The third-order valence-corrected chi connectivity index (χ3v) is 4.54. The zero-order valence-electron chi connectivity index (χ0n) is 7.89. The molecule has 0 aromatic carbocycles. The molecular weight excluding hydrogens is 160 g/mol. The van der Waals surface area contributed by atoms with Crippen LogP contribution in [0.25, 0.3) is 5.53 Å². The molecule has 4 aliphatic rings. The van der Waals surface area contributed by atoms with Crippen LogP contribution in [-0.4, -0.2) is 11.0 Å². The van der Waals surface area contributed by atoms with Crippen molar-refractivity contribution in [1.82, 2.24) is 0 Å². The van der Waals surface area contributed by atoms with Gasteiger partial charge in [0, 0.05) is 0 Å². The molecule has 0 amide bonds. The second-order valence-corrected chi connectivity index (χ2v) is 5.27. The average molecular weight is 176 g/mol. The van der Waals surface area contributed by atoms with Gasteiger partial charge in [-0.2, -0.15) is 4.79 Å². The van der Waals surface area contributed by atoms with Crippen LogP contribution in [0.4, 0.5) is 0 Å². The van der Waals surface area contributed by atoms with Crippen molar-refractivity contribution in [3.8, 4) is 0 Å². The highest BCUT2D eigenvalue weighted by Crippen LogP contribution is 2.55. The molecule has 4 rings (SSSR count). The molecule has 13 heavy (non-hydrogen) atoms. The van der Waals surface area contributed by atoms with Crippen LogP contribution in [0.15, 0.2) is 0 Å². The zero-order chi connectivity index (χ0) is 8.84. The Morgan fingerprint density at radius 2 is 1.46 bits per heavy atom. The highest BCUT2D eigenvalue weighted by molar-refractivity contribution is 5.56. The van der Waals surface area contributed by atoms with Gasteiger partial charge in [0.15, 0.2) is 0 Å². The highest BCUT2D eigenvalue weighted by atomic mass is 14.8. The van der Waals surface area contributed by atoms with Crippen molar-refractivity contribution in [2.24, 2.45) is 29.6 Å². The van der Waals surface area contributed by atoms with Crippen LogP contribution >= 0.6 is 0 Å². The Labute approximate surface area is 79.0 Å². The number of nitrogens with zero attached hydrogens (tertiary/aromatic N) is 2. The Morgan fingerprint density at radius 1 is 0.923 bits per heavy atom. The maximum atomic E-state index is 8.62. The monoisotopic (exact) mass is 176 g/mol. The van der Waals surface area contributed by atoms with E-state index in [0.717, 1.165) is 23.7 Å². The first kappa shape index (κ1) is 7.75. The lowest BCUT2D eigenvalue weighted by Gasteiger charge is -2.52. The van der Waals surface area contributed by atoms with Gasteiger partial charge in [-0.05, 0) is 55.8 Å². The molecule has 2 nitrogen and oxygen atoms in total. The molecule has 0 unspecified atom stereocenters. The molecular formula is C11H16N2. The fourth-order valence-electron chi connectivity index (χ4n) is 4.29. The normalized spacial score (nSPS) is 51.8. The van der Waals surface area contributed by atoms with Gasteiger partial charge in [-0.25, -0.2) is 0 Å². The molecule has 4 aliphatic carbocycles. The van der Waals surface area contributed by atoms with Crippen LogP contribution in [0.3, 0.4) is 0 Å². The molecule has 0 N–H and O–H groups in total. The number of hydrogen-bond donors (Lipinski definition) is 0. The fourth-order valence-corrected chi connectivity index (χ4v) is 4.29. The molecule has 4 bridgehead atoms. The van der Waals surface area contributed by atoms with E-state index in [1.165, 1.54) is 32.1 Å². The lowest BCUT2D eigenvalue weighted by atomic mass is 9.52. The molecule has 0 aromatic rings. The predicted molar refractivity (Wildman–Crippen MR) is 50.2 cm³/mol. The van der Waals surface area contributed by atoms with Gasteiger partial charge >= 0.3 is 0 Å². The van der Waals surface area contributed by atoms with Crippen LogP contribution < -0.4 is 0 Å². The summed E-state index contributed by atoms with van der Waals surface area (Å²) in [5.74, 6) is 4.36. The molecule has 0 spiro atoms. The summed E-state index contributed by atoms with van der Waals surface area (Å²) in [6.07, 6.45) is 8.93. The van der Waals surface area contributed by atoms with Gasteiger partial charge < -0.3 is 5.53 Å². The summed E-state index contributed by atoms with van der Waals surface area (Å²) in [5, 5.41) is 0. The van der Waals surface area contributed by atoms with Crippen molar-refractivity contribution in [1.29, 1.82) is 0 Å². The van der Waals surface area contributed by atoms with Gasteiger partial charge in [0.25, 0.3) is 6.21 Å². The number of hydrogen-bond acceptors (Lipinski definition) is 0. The second kappa shape index (κ2) is 2.68. The molecule has 0 atom stereocenters. The van der Waals surface area contributed by atoms with Crippen molar-refractivity contribution in [3.63, 3.8) is 0 Å². The smallest absolute Gasteiger partial charge is 0.260 e. The molecule has 0 heterocycles. The van der Waals surface area contributed by atoms with E-state index in [1.54, 1.807) is 0 Å². The summed E-state index contributed by atoms with van der Waals surface area (Å²) in [5.41, 5.74) is 8.62. The van der Waals surface area contributed by atoms with E-state index in [0.29, 0.717) is 5.92 Å². The van der Waals surface area contributed by atoms with Crippen molar-refractivity contribution in [2.45, 2.75) is 32.1 Å². The van der Waals surface area contributed by atoms with Crippen LogP contribution in [0.5, 0.6) is 0 Å². The third-order valence-electron chi connectivity index (χ3n) is 4.54. The zero-order valence-corrected chi connectivity index (χ0v) is 7.89. The summed E-state index contributed by atoms with van der Waals surface area (Å²) in [6.45, 7) is 0. The van der Waals surface area contributed by atoms with E-state index in [4.69, 9.17) is 5.53 Å². The average Bonchev–Trinajstić information content (AvgIpc) is 2.10. The first-order valence-electron chi connectivity index (χ1n) is 5.54. The minimum atomic E-state index is 0.609. The Balaban J connectivity index is 1.89. The first-order valence-corrected chi connectivity index (χ1v) is 5.54. The second-order valence-electron chi connectivity index (χ2n) is 5.27. The summed E-state index contributed by atoms with van der Waals surface area (Å²) < 4.78 is 0. The maximum absolute atomic E-state index is 8.62. The van der Waals surface area contributed by atoms with Crippen LogP contribution in [-0.2, 0) is 0 Å². The molecule has 2 heteroatoms. The third kappa shape index (κ3) is 1.08. The SMILES string of the molecule is [N-]=[N+]=CC1C2CC3CC(C2)CC1C3. The minimum Gasteiger partial charge on any atom is -0.362 e. The van der Waals surface area contributed by atoms with Crippen molar-refractivity contribution < 1.29 is 4.79 Å². The van der Waals surface area contributed by atoms with E-state index in [9.17, 15) is 0 Å². The van der Waals surface area contributed by atoms with Gasteiger partial charge in [-0.1, -0.05) is 0 Å². The lowest BCUT2D eigenvalue weighted by Crippen LogP contribution is -2.45. The van der Waals surface area contributed by atoms with E-state index < -0.39 is 0 Å². The van der Waals surface area contributed by atoms with Gasteiger partial charge in [0.05, 0.1) is 5.92 Å². The van der Waals surface area contributed by atoms with Crippen molar-refractivity contribution >= 4 is 6.21 Å². The standard InChI is InChI=1S/C11H16N2/c12-13-6-11-9-2-7-1-8(4-9)5-10(11)3-7/h6-11H,1-5H2. The van der Waals surface area contributed by atoms with Gasteiger partial charge in [0.2, 0.25) is 0 Å². The highest BCUT2D eigenvalue weighted by Gasteiger charge is 2.49. The van der Waals surface area contributed by atoms with Crippen molar-refractivity contribution in [2.75, 3.05) is 0 Å². The Bertz CT molecular complexity index is 237. The van der Waals surface area contributed by atoms with Crippen molar-refractivity contribution in [3.05, 3.63) is 5.53 Å². The van der Waals surface area contributed by atoms with E-state index >= 15 is 0 Å². The molecule has 0 saturated heterocycles. The number of rotatable bonds is 1. The Kier molecular flexibility index (Phi) is 1.60. The lowest BCUT2D eigenvalue weighted by molar-refractivity contribution is -0.0454. The largest absolute Gasteiger partial charge is 0.362 e. The topological polar surface area (TPSA) is 36.4 Å². The summed E-state index contributed by atoms with van der Waals surface area (Å²) in [7, 11) is 0. The van der Waals surface area contributed by atoms with Crippen LogP contribution in [0, 0.1) is 29.6 Å².